The number of halogens is 1. The summed E-state index contributed by atoms with van der Waals surface area (Å²) in [5.74, 6) is -0.280. The second-order valence-electron chi connectivity index (χ2n) is 5.69. The highest BCUT2D eigenvalue weighted by Gasteiger charge is 2.43. The van der Waals surface area contributed by atoms with Crippen molar-refractivity contribution in [3.05, 3.63) is 29.3 Å². The number of hydrogen-bond donors (Lipinski definition) is 0. The molecule has 0 saturated carbocycles. The topological polar surface area (TPSA) is 40.6 Å². The molecule has 3 rings (SSSR count). The van der Waals surface area contributed by atoms with Crippen molar-refractivity contribution in [2.75, 3.05) is 18.0 Å². The Kier molecular flexibility index (Phi) is 4.27. The minimum absolute atomic E-state index is 0.130. The number of carbonyl (C=O) groups is 2. The molecule has 1 atom stereocenters. The van der Waals surface area contributed by atoms with E-state index < -0.39 is 0 Å². The van der Waals surface area contributed by atoms with Crippen LogP contribution in [0.25, 0.3) is 0 Å². The van der Waals surface area contributed by atoms with Crippen LogP contribution in [-0.2, 0) is 9.59 Å². The smallest absolute Gasteiger partial charge is 0.251 e. The molecule has 0 N–H and O–H groups in total. The Bertz CT molecular complexity index is 553. The van der Waals surface area contributed by atoms with Crippen LogP contribution in [0.15, 0.2) is 24.3 Å². The van der Waals surface area contributed by atoms with Gasteiger partial charge in [-0.2, -0.15) is 0 Å². The fraction of sp³-hybridized carbons (Fsp3) is 0.500. The molecule has 21 heavy (non-hydrogen) atoms. The van der Waals surface area contributed by atoms with Crippen molar-refractivity contribution in [1.82, 2.24) is 4.90 Å². The van der Waals surface area contributed by atoms with Gasteiger partial charge in [0.15, 0.2) is 0 Å². The highest BCUT2D eigenvalue weighted by atomic mass is 35.5. The number of benzene rings is 1. The molecule has 0 aromatic heterocycles. The lowest BCUT2D eigenvalue weighted by atomic mass is 10.2. The summed E-state index contributed by atoms with van der Waals surface area (Å²) in [4.78, 5) is 28.4. The Labute approximate surface area is 129 Å². The van der Waals surface area contributed by atoms with Gasteiger partial charge in [0, 0.05) is 0 Å². The van der Waals surface area contributed by atoms with E-state index in [1.165, 1.54) is 17.7 Å². The first-order valence-electron chi connectivity index (χ1n) is 7.54. The molecule has 2 amide bonds. The number of likely N-dealkylation sites (tertiary alicyclic amines) is 1. The van der Waals surface area contributed by atoms with E-state index in [1.807, 2.05) is 0 Å². The number of nitrogens with zero attached hydrogens (tertiary/aromatic N) is 2. The molecule has 1 aromatic rings. The fourth-order valence-corrected chi connectivity index (χ4v) is 3.41. The minimum atomic E-state index is -0.313. The molecule has 2 fully saturated rings. The van der Waals surface area contributed by atoms with E-state index in [0.717, 1.165) is 25.9 Å². The molecule has 2 heterocycles. The number of imide groups is 1. The summed E-state index contributed by atoms with van der Waals surface area (Å²) in [5, 5.41) is 0.440. The molecule has 1 aromatic carbocycles. The lowest BCUT2D eigenvalue weighted by Gasteiger charge is -2.25. The molecule has 112 valence electrons. The molecule has 0 aliphatic carbocycles. The van der Waals surface area contributed by atoms with E-state index in [0.29, 0.717) is 10.7 Å². The van der Waals surface area contributed by atoms with Crippen LogP contribution in [-0.4, -0.2) is 35.8 Å². The van der Waals surface area contributed by atoms with Gasteiger partial charge in [-0.25, -0.2) is 4.90 Å². The fourth-order valence-electron chi connectivity index (χ4n) is 3.19. The first-order valence-corrected chi connectivity index (χ1v) is 7.91. The van der Waals surface area contributed by atoms with Gasteiger partial charge in [-0.3, -0.25) is 14.5 Å². The Hall–Kier alpha value is -1.39. The third-order valence-corrected chi connectivity index (χ3v) is 4.62. The molecule has 4 nitrogen and oxygen atoms in total. The zero-order chi connectivity index (χ0) is 14.8. The van der Waals surface area contributed by atoms with Crippen molar-refractivity contribution in [3.63, 3.8) is 0 Å². The standard InChI is InChI=1S/C16H19ClN2O2/c17-12-7-3-4-8-13(12)19-15(20)11-14(16(19)21)18-9-5-1-2-6-10-18/h3-4,7-8,14H,1-2,5-6,9-11H2. The summed E-state index contributed by atoms with van der Waals surface area (Å²) in [6, 6.07) is 6.70. The first-order chi connectivity index (χ1) is 10.2. The van der Waals surface area contributed by atoms with E-state index in [2.05, 4.69) is 4.90 Å². The molecular formula is C16H19ClN2O2. The molecule has 0 radical (unpaired) electrons. The maximum atomic E-state index is 12.7. The summed E-state index contributed by atoms with van der Waals surface area (Å²) in [6.07, 6.45) is 4.89. The van der Waals surface area contributed by atoms with Crippen molar-refractivity contribution >= 4 is 29.1 Å². The van der Waals surface area contributed by atoms with Crippen molar-refractivity contribution in [2.24, 2.45) is 0 Å². The first kappa shape index (κ1) is 14.5. The number of hydrogen-bond acceptors (Lipinski definition) is 3. The Balaban J connectivity index is 1.83. The Morgan fingerprint density at radius 2 is 1.67 bits per heavy atom. The van der Waals surface area contributed by atoms with Gasteiger partial charge in [-0.1, -0.05) is 36.6 Å². The second-order valence-corrected chi connectivity index (χ2v) is 6.10. The van der Waals surface area contributed by atoms with Crippen LogP contribution in [0.3, 0.4) is 0 Å². The number of anilines is 1. The predicted molar refractivity (Wildman–Crippen MR) is 82.4 cm³/mol. The van der Waals surface area contributed by atoms with Gasteiger partial charge >= 0.3 is 0 Å². The summed E-state index contributed by atoms with van der Waals surface area (Å²) in [5.41, 5.74) is 0.506. The SMILES string of the molecule is O=C1CC(N2CCCCCC2)C(=O)N1c1ccccc1Cl. The largest absolute Gasteiger partial charge is 0.292 e. The maximum absolute atomic E-state index is 12.7. The van der Waals surface area contributed by atoms with Gasteiger partial charge in [-0.15, -0.1) is 0 Å². The van der Waals surface area contributed by atoms with Gasteiger partial charge < -0.3 is 0 Å². The molecule has 2 aliphatic rings. The van der Waals surface area contributed by atoms with Crippen LogP contribution in [0, 0.1) is 0 Å². The monoisotopic (exact) mass is 306 g/mol. The minimum Gasteiger partial charge on any atom is -0.292 e. The average molecular weight is 307 g/mol. The summed E-state index contributed by atoms with van der Waals surface area (Å²) < 4.78 is 0. The average Bonchev–Trinajstić information content (AvgIpc) is 2.69. The van der Waals surface area contributed by atoms with Gasteiger partial charge in [-0.05, 0) is 38.1 Å². The Morgan fingerprint density at radius 1 is 1.00 bits per heavy atom. The summed E-state index contributed by atoms with van der Waals surface area (Å²) in [6.45, 7) is 1.81. The van der Waals surface area contributed by atoms with Gasteiger partial charge in [0.2, 0.25) is 5.91 Å². The number of amides is 2. The van der Waals surface area contributed by atoms with Crippen LogP contribution in [0.4, 0.5) is 5.69 Å². The number of para-hydroxylation sites is 1. The molecule has 2 aliphatic heterocycles. The number of rotatable bonds is 2. The molecular weight excluding hydrogens is 288 g/mol. The van der Waals surface area contributed by atoms with E-state index in [-0.39, 0.29) is 24.3 Å². The summed E-state index contributed by atoms with van der Waals surface area (Å²) >= 11 is 6.13. The molecule has 0 bridgehead atoms. The van der Waals surface area contributed by atoms with Crippen LogP contribution >= 0.6 is 11.6 Å². The quantitative estimate of drug-likeness (QED) is 0.789. The van der Waals surface area contributed by atoms with Crippen LogP contribution in [0.5, 0.6) is 0 Å². The molecule has 5 heteroatoms. The normalized spacial score (nSPS) is 24.4. The molecule has 0 spiro atoms. The second kappa shape index (κ2) is 6.16. The zero-order valence-electron chi connectivity index (χ0n) is 11.9. The van der Waals surface area contributed by atoms with Crippen molar-refractivity contribution in [2.45, 2.75) is 38.1 Å². The van der Waals surface area contributed by atoms with Gasteiger partial charge in [0.25, 0.3) is 5.91 Å². The van der Waals surface area contributed by atoms with E-state index in [1.54, 1.807) is 24.3 Å². The highest BCUT2D eigenvalue weighted by Crippen LogP contribution is 2.31. The van der Waals surface area contributed by atoms with E-state index in [9.17, 15) is 9.59 Å². The van der Waals surface area contributed by atoms with Gasteiger partial charge in [0.05, 0.1) is 23.2 Å². The van der Waals surface area contributed by atoms with Crippen molar-refractivity contribution in [1.29, 1.82) is 0 Å². The molecule has 2 saturated heterocycles. The zero-order valence-corrected chi connectivity index (χ0v) is 12.7. The summed E-state index contributed by atoms with van der Waals surface area (Å²) in [7, 11) is 0. The van der Waals surface area contributed by atoms with Gasteiger partial charge in [0.1, 0.15) is 0 Å². The van der Waals surface area contributed by atoms with Crippen molar-refractivity contribution < 1.29 is 9.59 Å². The lowest BCUT2D eigenvalue weighted by Crippen LogP contribution is -2.42. The highest BCUT2D eigenvalue weighted by molar-refractivity contribution is 6.36. The third-order valence-electron chi connectivity index (χ3n) is 4.30. The lowest BCUT2D eigenvalue weighted by molar-refractivity contribution is -0.122. The van der Waals surface area contributed by atoms with Crippen LogP contribution in [0.2, 0.25) is 5.02 Å². The van der Waals surface area contributed by atoms with E-state index in [4.69, 9.17) is 11.6 Å². The maximum Gasteiger partial charge on any atom is 0.251 e. The molecule has 1 unspecified atom stereocenters. The Morgan fingerprint density at radius 3 is 2.33 bits per heavy atom. The van der Waals surface area contributed by atoms with Crippen LogP contribution < -0.4 is 4.90 Å². The van der Waals surface area contributed by atoms with E-state index >= 15 is 0 Å². The van der Waals surface area contributed by atoms with Crippen LogP contribution in [0.1, 0.15) is 32.1 Å². The van der Waals surface area contributed by atoms with Crippen molar-refractivity contribution in [3.8, 4) is 0 Å². The predicted octanol–water partition coefficient (Wildman–Crippen LogP) is 2.85. The number of carbonyl (C=O) groups excluding carboxylic acids is 2. The third kappa shape index (κ3) is 2.83.